The second-order valence-corrected chi connectivity index (χ2v) is 7.65. The number of aldehydes is 1. The number of carbonyl (C=O) groups is 1. The molecule has 6 nitrogen and oxygen atoms in total. The monoisotopic (exact) mass is 355 g/mol. The minimum Gasteiger partial charge on any atom is -0.385 e. The Morgan fingerprint density at radius 2 is 2.19 bits per heavy atom. The van der Waals surface area contributed by atoms with Gasteiger partial charge in [0, 0.05) is 37.3 Å². The van der Waals surface area contributed by atoms with Crippen molar-refractivity contribution < 1.29 is 4.79 Å². The molecule has 0 saturated carbocycles. The number of aromatic nitrogens is 2. The van der Waals surface area contributed by atoms with Crippen molar-refractivity contribution in [2.24, 2.45) is 12.8 Å². The van der Waals surface area contributed by atoms with Gasteiger partial charge in [-0.05, 0) is 44.2 Å². The fourth-order valence-corrected chi connectivity index (χ4v) is 3.84. The molecule has 140 valence electrons. The molecule has 0 saturated heterocycles. The normalized spacial score (nSPS) is 23.8. The van der Waals surface area contributed by atoms with Crippen LogP contribution in [0.1, 0.15) is 42.1 Å². The van der Waals surface area contributed by atoms with Crippen LogP contribution in [-0.2, 0) is 30.1 Å². The van der Waals surface area contributed by atoms with Crippen molar-refractivity contribution in [2.45, 2.75) is 51.0 Å². The van der Waals surface area contributed by atoms with E-state index < -0.39 is 0 Å². The van der Waals surface area contributed by atoms with Crippen LogP contribution in [0.4, 0.5) is 11.5 Å². The van der Waals surface area contributed by atoms with Crippen LogP contribution < -0.4 is 16.8 Å². The zero-order valence-electron chi connectivity index (χ0n) is 15.9. The number of carbonyl (C=O) groups excluding carboxylic acids is 1. The Hall–Kier alpha value is -2.34. The topological polar surface area (TPSA) is 99.0 Å². The predicted octanol–water partition coefficient (Wildman–Crippen LogP) is 2.09. The molecule has 6 heteroatoms. The van der Waals surface area contributed by atoms with E-state index in [9.17, 15) is 4.79 Å². The summed E-state index contributed by atoms with van der Waals surface area (Å²) in [5.41, 5.74) is 17.1. The van der Waals surface area contributed by atoms with Crippen molar-refractivity contribution in [3.05, 3.63) is 40.6 Å². The van der Waals surface area contributed by atoms with Gasteiger partial charge in [-0.1, -0.05) is 18.2 Å². The van der Waals surface area contributed by atoms with Gasteiger partial charge in [0.15, 0.2) is 0 Å². The highest BCUT2D eigenvalue weighted by Gasteiger charge is 2.32. The van der Waals surface area contributed by atoms with Gasteiger partial charge in [0.1, 0.15) is 12.1 Å². The highest BCUT2D eigenvalue weighted by atomic mass is 16.1. The summed E-state index contributed by atoms with van der Waals surface area (Å²) >= 11 is 0. The molecule has 0 fully saturated rings. The molecule has 2 heterocycles. The van der Waals surface area contributed by atoms with Crippen molar-refractivity contribution >= 4 is 17.8 Å². The van der Waals surface area contributed by atoms with Crippen molar-refractivity contribution in [3.63, 3.8) is 0 Å². The van der Waals surface area contributed by atoms with Crippen molar-refractivity contribution in [3.8, 4) is 0 Å². The number of nitrogens with one attached hydrogen (secondary N) is 1. The van der Waals surface area contributed by atoms with Crippen LogP contribution in [0.15, 0.2) is 18.2 Å². The van der Waals surface area contributed by atoms with E-state index >= 15 is 0 Å². The molecule has 2 aliphatic rings. The summed E-state index contributed by atoms with van der Waals surface area (Å²) in [5, 5.41) is 7.67. The SMILES string of the molecule is Cc1cccc2c1NCCC2(C)C=O.Cn1nc2c(c1N)CCC(N)C2. The molecule has 5 N–H and O–H groups in total. The van der Waals surface area contributed by atoms with Crippen LogP contribution in [0, 0.1) is 6.92 Å². The van der Waals surface area contributed by atoms with Crippen molar-refractivity contribution in [1.29, 1.82) is 0 Å². The number of hydrogen-bond acceptors (Lipinski definition) is 5. The van der Waals surface area contributed by atoms with Crippen molar-refractivity contribution in [1.82, 2.24) is 9.78 Å². The van der Waals surface area contributed by atoms with Gasteiger partial charge in [-0.3, -0.25) is 4.68 Å². The quantitative estimate of drug-likeness (QED) is 0.680. The standard InChI is InChI=1S/C12H15NO.C8H14N4/c1-9-4-3-5-10-11(9)13-7-6-12(10,2)8-14;1-12-8(10)6-3-2-5(9)4-7(6)11-12/h3-5,8,13H,6-7H2,1-2H3;5H,2-4,9-10H2,1H3. The first-order valence-corrected chi connectivity index (χ1v) is 9.22. The number of nitrogen functional groups attached to an aromatic ring is 1. The zero-order valence-corrected chi connectivity index (χ0v) is 15.9. The van der Waals surface area contributed by atoms with Crippen LogP contribution in [0.3, 0.4) is 0 Å². The van der Waals surface area contributed by atoms with Crippen LogP contribution in [0.25, 0.3) is 0 Å². The van der Waals surface area contributed by atoms with Crippen LogP contribution >= 0.6 is 0 Å². The van der Waals surface area contributed by atoms with Gasteiger partial charge in [0.05, 0.1) is 11.1 Å². The molecule has 1 aliphatic carbocycles. The van der Waals surface area contributed by atoms with E-state index in [4.69, 9.17) is 11.5 Å². The van der Waals surface area contributed by atoms with Gasteiger partial charge >= 0.3 is 0 Å². The Balaban J connectivity index is 0.000000152. The lowest BCUT2D eigenvalue weighted by atomic mass is 9.77. The van der Waals surface area contributed by atoms with Gasteiger partial charge in [-0.15, -0.1) is 0 Å². The molecule has 1 aromatic carbocycles. The minimum absolute atomic E-state index is 0.270. The molecular formula is C20H29N5O. The molecule has 1 aliphatic heterocycles. The largest absolute Gasteiger partial charge is 0.385 e. The lowest BCUT2D eigenvalue weighted by molar-refractivity contribution is -0.112. The summed E-state index contributed by atoms with van der Waals surface area (Å²) in [6.45, 7) is 4.97. The molecule has 0 amide bonds. The summed E-state index contributed by atoms with van der Waals surface area (Å²) in [4.78, 5) is 11.1. The number of para-hydroxylation sites is 1. The summed E-state index contributed by atoms with van der Waals surface area (Å²) in [6, 6.07) is 6.40. The number of hydrogen-bond donors (Lipinski definition) is 3. The number of anilines is 2. The average Bonchev–Trinajstić information content (AvgIpc) is 2.90. The third-order valence-electron chi connectivity index (χ3n) is 5.59. The van der Waals surface area contributed by atoms with Gasteiger partial charge < -0.3 is 21.6 Å². The molecule has 4 rings (SSSR count). The second-order valence-electron chi connectivity index (χ2n) is 7.65. The Labute approximate surface area is 154 Å². The number of fused-ring (bicyclic) bond motifs is 2. The smallest absolute Gasteiger partial charge is 0.130 e. The zero-order chi connectivity index (χ0) is 18.9. The maximum atomic E-state index is 11.1. The fourth-order valence-electron chi connectivity index (χ4n) is 3.84. The molecule has 2 atom stereocenters. The van der Waals surface area contributed by atoms with Gasteiger partial charge in [0.2, 0.25) is 0 Å². The number of nitrogens with two attached hydrogens (primary N) is 2. The number of benzene rings is 1. The van der Waals surface area contributed by atoms with Crippen LogP contribution in [0.2, 0.25) is 0 Å². The van der Waals surface area contributed by atoms with E-state index in [1.165, 1.54) is 11.1 Å². The summed E-state index contributed by atoms with van der Waals surface area (Å²) in [7, 11) is 1.87. The first kappa shape index (κ1) is 18.5. The molecular weight excluding hydrogens is 326 g/mol. The predicted molar refractivity (Wildman–Crippen MR) is 105 cm³/mol. The number of nitrogens with zero attached hydrogens (tertiary/aromatic N) is 2. The summed E-state index contributed by atoms with van der Waals surface area (Å²) < 4.78 is 1.74. The van der Waals surface area contributed by atoms with E-state index in [0.717, 1.165) is 61.3 Å². The summed E-state index contributed by atoms with van der Waals surface area (Å²) in [5.74, 6) is 0.803. The Morgan fingerprint density at radius 3 is 2.92 bits per heavy atom. The molecule has 0 bridgehead atoms. The van der Waals surface area contributed by atoms with E-state index in [1.807, 2.05) is 26.1 Å². The first-order chi connectivity index (χ1) is 12.4. The lowest BCUT2D eigenvalue weighted by Gasteiger charge is -2.32. The molecule has 0 radical (unpaired) electrons. The highest BCUT2D eigenvalue weighted by Crippen LogP contribution is 2.36. The molecule has 2 unspecified atom stereocenters. The van der Waals surface area contributed by atoms with E-state index in [2.05, 4.69) is 23.4 Å². The summed E-state index contributed by atoms with van der Waals surface area (Å²) in [6.07, 6.45) is 4.85. The van der Waals surface area contributed by atoms with Gasteiger partial charge in [-0.25, -0.2) is 0 Å². The van der Waals surface area contributed by atoms with Gasteiger partial charge in [-0.2, -0.15) is 5.10 Å². The third kappa shape index (κ3) is 3.33. The van der Waals surface area contributed by atoms with Gasteiger partial charge in [0.25, 0.3) is 0 Å². The number of rotatable bonds is 1. The Morgan fingerprint density at radius 1 is 1.42 bits per heavy atom. The van der Waals surface area contributed by atoms with E-state index in [-0.39, 0.29) is 11.5 Å². The highest BCUT2D eigenvalue weighted by molar-refractivity contribution is 5.76. The second kappa shape index (κ2) is 7.11. The first-order valence-electron chi connectivity index (χ1n) is 9.22. The van der Waals surface area contributed by atoms with E-state index in [1.54, 1.807) is 4.68 Å². The maximum Gasteiger partial charge on any atom is 0.130 e. The lowest BCUT2D eigenvalue weighted by Crippen LogP contribution is -2.32. The maximum absolute atomic E-state index is 11.1. The molecule has 1 aromatic heterocycles. The third-order valence-corrected chi connectivity index (χ3v) is 5.59. The number of aryl methyl sites for hydroxylation is 2. The Kier molecular flexibility index (Phi) is 5.05. The van der Waals surface area contributed by atoms with Crippen LogP contribution in [0.5, 0.6) is 0 Å². The molecule has 2 aromatic rings. The average molecular weight is 355 g/mol. The van der Waals surface area contributed by atoms with E-state index in [0.29, 0.717) is 0 Å². The fraction of sp³-hybridized carbons (Fsp3) is 0.500. The molecule has 0 spiro atoms. The minimum atomic E-state index is -0.299. The Bertz CT molecular complexity index is 813. The molecule has 26 heavy (non-hydrogen) atoms. The van der Waals surface area contributed by atoms with Crippen LogP contribution in [-0.4, -0.2) is 28.7 Å². The van der Waals surface area contributed by atoms with Crippen molar-refractivity contribution in [2.75, 3.05) is 17.6 Å².